The summed E-state index contributed by atoms with van der Waals surface area (Å²) in [6.45, 7) is 2.44. The van der Waals surface area contributed by atoms with Crippen molar-refractivity contribution in [2.24, 2.45) is 0 Å². The largest absolute Gasteiger partial charge is 0.389 e. The van der Waals surface area contributed by atoms with Crippen LogP contribution in [-0.2, 0) is 0 Å². The third-order valence-corrected chi connectivity index (χ3v) is 2.99. The molecule has 0 aromatic carbocycles. The van der Waals surface area contributed by atoms with Crippen molar-refractivity contribution >= 4 is 5.82 Å². The Morgan fingerprint density at radius 1 is 1.65 bits per heavy atom. The van der Waals surface area contributed by atoms with Crippen LogP contribution < -0.4 is 4.90 Å². The van der Waals surface area contributed by atoms with Crippen molar-refractivity contribution < 1.29 is 5.11 Å². The fourth-order valence-corrected chi connectivity index (χ4v) is 1.99. The Bertz CT molecular complexity index is 421. The van der Waals surface area contributed by atoms with E-state index in [1.165, 1.54) is 0 Å². The molecule has 17 heavy (non-hydrogen) atoms. The van der Waals surface area contributed by atoms with Gasteiger partial charge in [0, 0.05) is 24.3 Å². The lowest BCUT2D eigenvalue weighted by molar-refractivity contribution is 0.199. The number of anilines is 1. The molecule has 0 radical (unpaired) electrons. The number of rotatable bonds is 5. The van der Waals surface area contributed by atoms with E-state index in [-0.39, 0.29) is 0 Å². The minimum atomic E-state index is -0.526. The predicted octanol–water partition coefficient (Wildman–Crippen LogP) is 2.02. The molecule has 0 saturated heterocycles. The summed E-state index contributed by atoms with van der Waals surface area (Å²) in [5, 5.41) is 18.4. The van der Waals surface area contributed by atoms with E-state index in [4.69, 9.17) is 5.26 Å². The van der Waals surface area contributed by atoms with E-state index in [1.54, 1.807) is 13.1 Å². The summed E-state index contributed by atoms with van der Waals surface area (Å²) in [7, 11) is 0. The zero-order valence-electron chi connectivity index (χ0n) is 10.0. The first kappa shape index (κ1) is 11.9. The highest BCUT2D eigenvalue weighted by Crippen LogP contribution is 2.34. The molecule has 1 aromatic rings. The van der Waals surface area contributed by atoms with E-state index in [9.17, 15) is 5.11 Å². The lowest BCUT2D eigenvalue weighted by Gasteiger charge is -2.25. The fraction of sp³-hybridized carbons (Fsp3) is 0.538. The maximum atomic E-state index is 9.75. The monoisotopic (exact) mass is 231 g/mol. The van der Waals surface area contributed by atoms with Crippen LogP contribution in [0.2, 0.25) is 0 Å². The molecule has 4 heteroatoms. The Kier molecular flexibility index (Phi) is 3.60. The molecule has 4 nitrogen and oxygen atoms in total. The van der Waals surface area contributed by atoms with Crippen LogP contribution in [0.3, 0.4) is 0 Å². The summed E-state index contributed by atoms with van der Waals surface area (Å²) < 4.78 is 0. The van der Waals surface area contributed by atoms with Crippen molar-refractivity contribution in [3.05, 3.63) is 23.9 Å². The predicted molar refractivity (Wildman–Crippen MR) is 65.5 cm³/mol. The Morgan fingerprint density at radius 3 is 3.00 bits per heavy atom. The molecule has 90 valence electrons. The van der Waals surface area contributed by atoms with E-state index in [0.717, 1.165) is 24.2 Å². The number of hydrogen-bond donors (Lipinski definition) is 1. The standard InChI is InChI=1S/C13H17N3O/c1-10(17)12-4-2-8-15-13(12)16(9-3-7-14)11-5-6-11/h2,4,8,10-11,17H,3,5-6,9H2,1H3. The molecule has 0 spiro atoms. The van der Waals surface area contributed by atoms with Gasteiger partial charge in [0.25, 0.3) is 0 Å². The SMILES string of the molecule is CC(O)c1cccnc1N(CCC#N)C1CC1. The number of nitrogens with zero attached hydrogens (tertiary/aromatic N) is 3. The number of pyridine rings is 1. The van der Waals surface area contributed by atoms with Gasteiger partial charge in [-0.05, 0) is 25.8 Å². The molecule has 0 aliphatic heterocycles. The van der Waals surface area contributed by atoms with Gasteiger partial charge in [-0.3, -0.25) is 0 Å². The number of aromatic nitrogens is 1. The van der Waals surface area contributed by atoms with E-state index < -0.39 is 6.10 Å². The highest BCUT2D eigenvalue weighted by atomic mass is 16.3. The molecule has 1 atom stereocenters. The molecule has 1 aliphatic carbocycles. The van der Waals surface area contributed by atoms with Gasteiger partial charge in [-0.1, -0.05) is 6.07 Å². The van der Waals surface area contributed by atoms with Crippen molar-refractivity contribution in [1.82, 2.24) is 4.98 Å². The third-order valence-electron chi connectivity index (χ3n) is 2.99. The molecule has 1 aromatic heterocycles. The number of hydrogen-bond acceptors (Lipinski definition) is 4. The average molecular weight is 231 g/mol. The van der Waals surface area contributed by atoms with E-state index in [0.29, 0.717) is 19.0 Å². The minimum Gasteiger partial charge on any atom is -0.389 e. The maximum absolute atomic E-state index is 9.75. The Morgan fingerprint density at radius 2 is 2.41 bits per heavy atom. The summed E-state index contributed by atoms with van der Waals surface area (Å²) in [4.78, 5) is 6.53. The zero-order chi connectivity index (χ0) is 12.3. The van der Waals surface area contributed by atoms with Crippen LogP contribution in [0.25, 0.3) is 0 Å². The second-order valence-electron chi connectivity index (χ2n) is 4.42. The van der Waals surface area contributed by atoms with Crippen LogP contribution in [0.1, 0.15) is 37.9 Å². The Balaban J connectivity index is 2.25. The molecule has 1 heterocycles. The van der Waals surface area contributed by atoms with Crippen LogP contribution in [0.15, 0.2) is 18.3 Å². The first-order valence-electron chi connectivity index (χ1n) is 6.00. The Hall–Kier alpha value is -1.60. The zero-order valence-corrected chi connectivity index (χ0v) is 10.0. The summed E-state index contributed by atoms with van der Waals surface area (Å²) in [5.74, 6) is 0.834. The number of aliphatic hydroxyl groups excluding tert-OH is 1. The quantitative estimate of drug-likeness (QED) is 0.842. The summed E-state index contributed by atoms with van der Waals surface area (Å²) in [6, 6.07) is 6.40. The van der Waals surface area contributed by atoms with Crippen molar-refractivity contribution in [3.8, 4) is 6.07 Å². The van der Waals surface area contributed by atoms with Crippen molar-refractivity contribution in [2.45, 2.75) is 38.3 Å². The molecule has 1 unspecified atom stereocenters. The van der Waals surface area contributed by atoms with Gasteiger partial charge in [0.2, 0.25) is 0 Å². The smallest absolute Gasteiger partial charge is 0.134 e. The molecular weight excluding hydrogens is 214 g/mol. The normalized spacial score (nSPS) is 16.3. The van der Waals surface area contributed by atoms with Crippen molar-refractivity contribution in [2.75, 3.05) is 11.4 Å². The topological polar surface area (TPSA) is 60.2 Å². The van der Waals surface area contributed by atoms with Crippen LogP contribution in [0.5, 0.6) is 0 Å². The summed E-state index contributed by atoms with van der Waals surface area (Å²) in [6.07, 6.45) is 4.01. The van der Waals surface area contributed by atoms with E-state index >= 15 is 0 Å². The molecule has 0 amide bonds. The molecule has 2 rings (SSSR count). The lowest BCUT2D eigenvalue weighted by atomic mass is 10.1. The first-order valence-corrected chi connectivity index (χ1v) is 6.00. The van der Waals surface area contributed by atoms with Crippen LogP contribution >= 0.6 is 0 Å². The van der Waals surface area contributed by atoms with Crippen molar-refractivity contribution in [1.29, 1.82) is 5.26 Å². The molecule has 1 N–H and O–H groups in total. The summed E-state index contributed by atoms with van der Waals surface area (Å²) >= 11 is 0. The van der Waals surface area contributed by atoms with Gasteiger partial charge in [-0.25, -0.2) is 4.98 Å². The lowest BCUT2D eigenvalue weighted by Crippen LogP contribution is -2.29. The van der Waals surface area contributed by atoms with Gasteiger partial charge in [0.1, 0.15) is 5.82 Å². The molecule has 1 aliphatic rings. The highest BCUT2D eigenvalue weighted by molar-refractivity contribution is 5.49. The minimum absolute atomic E-state index is 0.492. The maximum Gasteiger partial charge on any atom is 0.134 e. The number of nitriles is 1. The molecule has 0 bridgehead atoms. The van der Waals surface area contributed by atoms with E-state index in [1.807, 2.05) is 12.1 Å². The second-order valence-corrected chi connectivity index (χ2v) is 4.42. The van der Waals surface area contributed by atoms with Crippen molar-refractivity contribution in [3.63, 3.8) is 0 Å². The molecule has 1 fully saturated rings. The van der Waals surface area contributed by atoms with Crippen LogP contribution in [-0.4, -0.2) is 22.7 Å². The van der Waals surface area contributed by atoms with Crippen LogP contribution in [0.4, 0.5) is 5.82 Å². The third kappa shape index (κ3) is 2.75. The second kappa shape index (κ2) is 5.15. The first-order chi connectivity index (χ1) is 8.24. The van der Waals surface area contributed by atoms with Gasteiger partial charge in [0.15, 0.2) is 0 Å². The highest BCUT2D eigenvalue weighted by Gasteiger charge is 2.31. The van der Waals surface area contributed by atoms with Crippen LogP contribution in [0, 0.1) is 11.3 Å². The average Bonchev–Trinajstić information content (AvgIpc) is 3.14. The van der Waals surface area contributed by atoms with E-state index in [2.05, 4.69) is 16.0 Å². The van der Waals surface area contributed by atoms with Gasteiger partial charge in [-0.15, -0.1) is 0 Å². The molecular formula is C13H17N3O. The van der Waals surface area contributed by atoms with Gasteiger partial charge >= 0.3 is 0 Å². The van der Waals surface area contributed by atoms with Gasteiger partial charge < -0.3 is 10.0 Å². The molecule has 1 saturated carbocycles. The fourth-order valence-electron chi connectivity index (χ4n) is 1.99. The summed E-state index contributed by atoms with van der Waals surface area (Å²) in [5.41, 5.74) is 0.845. The van der Waals surface area contributed by atoms with Gasteiger partial charge in [-0.2, -0.15) is 5.26 Å². The number of aliphatic hydroxyl groups is 1. The van der Waals surface area contributed by atoms with Gasteiger partial charge in [0.05, 0.1) is 18.6 Å². The Labute approximate surface area is 102 Å².